The van der Waals surface area contributed by atoms with Crippen molar-refractivity contribution < 1.29 is 5.11 Å². The lowest BCUT2D eigenvalue weighted by molar-refractivity contribution is 0.282. The van der Waals surface area contributed by atoms with Crippen molar-refractivity contribution in [3.63, 3.8) is 0 Å². The van der Waals surface area contributed by atoms with Crippen LogP contribution in [0.2, 0.25) is 5.02 Å². The first-order valence-corrected chi connectivity index (χ1v) is 6.46. The Morgan fingerprint density at radius 2 is 2.40 bits per heavy atom. The zero-order chi connectivity index (χ0) is 10.7. The summed E-state index contributed by atoms with van der Waals surface area (Å²) in [6, 6.07) is 6.39. The number of nitrogens with one attached hydrogen (secondary N) is 1. The SMILES string of the molecule is OCCCC1CSc2cccc(Cl)c2N1. The number of halogens is 1. The van der Waals surface area contributed by atoms with E-state index < -0.39 is 0 Å². The fourth-order valence-electron chi connectivity index (χ4n) is 1.69. The highest BCUT2D eigenvalue weighted by Crippen LogP contribution is 2.38. The van der Waals surface area contributed by atoms with E-state index in [1.54, 1.807) is 0 Å². The Balaban J connectivity index is 2.08. The molecule has 82 valence electrons. The van der Waals surface area contributed by atoms with Crippen molar-refractivity contribution in [2.45, 2.75) is 23.8 Å². The van der Waals surface area contributed by atoms with E-state index in [-0.39, 0.29) is 6.61 Å². The van der Waals surface area contributed by atoms with Crippen molar-refractivity contribution in [2.24, 2.45) is 0 Å². The van der Waals surface area contributed by atoms with Crippen molar-refractivity contribution in [2.75, 3.05) is 17.7 Å². The number of thioether (sulfide) groups is 1. The summed E-state index contributed by atoms with van der Waals surface area (Å²) in [5.74, 6) is 1.05. The third-order valence-electron chi connectivity index (χ3n) is 2.47. The maximum Gasteiger partial charge on any atom is 0.0670 e. The Kier molecular flexibility index (Phi) is 3.78. The molecule has 1 aliphatic rings. The quantitative estimate of drug-likeness (QED) is 0.856. The van der Waals surface area contributed by atoms with E-state index in [2.05, 4.69) is 11.4 Å². The van der Waals surface area contributed by atoms with Gasteiger partial charge in [0.05, 0.1) is 10.7 Å². The highest BCUT2D eigenvalue weighted by molar-refractivity contribution is 7.99. The molecule has 1 aliphatic heterocycles. The molecular formula is C11H14ClNOS. The normalized spacial score (nSPS) is 19.5. The number of para-hydroxylation sites is 1. The summed E-state index contributed by atoms with van der Waals surface area (Å²) in [6.07, 6.45) is 1.84. The number of hydrogen-bond acceptors (Lipinski definition) is 3. The van der Waals surface area contributed by atoms with Gasteiger partial charge in [0.25, 0.3) is 0 Å². The molecular weight excluding hydrogens is 230 g/mol. The number of anilines is 1. The maximum atomic E-state index is 8.79. The molecule has 2 nitrogen and oxygen atoms in total. The summed E-state index contributed by atoms with van der Waals surface area (Å²) in [6.45, 7) is 0.262. The van der Waals surface area contributed by atoms with E-state index in [1.165, 1.54) is 4.90 Å². The van der Waals surface area contributed by atoms with Gasteiger partial charge in [-0.2, -0.15) is 0 Å². The van der Waals surface area contributed by atoms with Crippen LogP contribution in [0.25, 0.3) is 0 Å². The van der Waals surface area contributed by atoms with Crippen LogP contribution in [0.3, 0.4) is 0 Å². The molecule has 1 heterocycles. The number of aliphatic hydroxyl groups excluding tert-OH is 1. The zero-order valence-corrected chi connectivity index (χ0v) is 9.94. The second kappa shape index (κ2) is 5.10. The first-order valence-electron chi connectivity index (χ1n) is 5.10. The standard InChI is InChI=1S/C11H14ClNOS/c12-9-4-1-5-10-11(9)13-8(7-15-10)3-2-6-14/h1,4-5,8,13-14H,2-3,6-7H2. The molecule has 2 N–H and O–H groups in total. The Labute approximate surface area is 99.0 Å². The van der Waals surface area contributed by atoms with Gasteiger partial charge in [-0.25, -0.2) is 0 Å². The molecule has 1 aromatic rings. The summed E-state index contributed by atoms with van der Waals surface area (Å²) in [5, 5.41) is 13.0. The Hall–Kier alpha value is -0.380. The first-order chi connectivity index (χ1) is 7.31. The van der Waals surface area contributed by atoms with Gasteiger partial charge >= 0.3 is 0 Å². The van der Waals surface area contributed by atoms with Gasteiger partial charge < -0.3 is 10.4 Å². The Bertz CT molecular complexity index is 345. The average molecular weight is 244 g/mol. The minimum atomic E-state index is 0.262. The topological polar surface area (TPSA) is 32.3 Å². The van der Waals surface area contributed by atoms with E-state index >= 15 is 0 Å². The minimum Gasteiger partial charge on any atom is -0.396 e. The minimum absolute atomic E-state index is 0.262. The Morgan fingerprint density at radius 1 is 1.53 bits per heavy atom. The van der Waals surface area contributed by atoms with Crippen LogP contribution in [0, 0.1) is 0 Å². The van der Waals surface area contributed by atoms with E-state index in [0.29, 0.717) is 6.04 Å². The van der Waals surface area contributed by atoms with Crippen LogP contribution in [-0.4, -0.2) is 23.5 Å². The van der Waals surface area contributed by atoms with Crippen LogP contribution >= 0.6 is 23.4 Å². The number of fused-ring (bicyclic) bond motifs is 1. The molecule has 4 heteroatoms. The van der Waals surface area contributed by atoms with Crippen LogP contribution in [0.4, 0.5) is 5.69 Å². The van der Waals surface area contributed by atoms with Crippen molar-refractivity contribution >= 4 is 29.1 Å². The molecule has 1 unspecified atom stereocenters. The predicted molar refractivity (Wildman–Crippen MR) is 65.9 cm³/mol. The molecule has 0 spiro atoms. The van der Waals surface area contributed by atoms with Crippen molar-refractivity contribution in [1.82, 2.24) is 0 Å². The summed E-state index contributed by atoms with van der Waals surface area (Å²) in [5.41, 5.74) is 1.05. The number of aliphatic hydroxyl groups is 1. The monoisotopic (exact) mass is 243 g/mol. The van der Waals surface area contributed by atoms with E-state index in [4.69, 9.17) is 16.7 Å². The molecule has 1 aromatic carbocycles. The second-order valence-corrected chi connectivity index (χ2v) is 5.10. The van der Waals surface area contributed by atoms with Gasteiger partial charge in [0, 0.05) is 23.3 Å². The van der Waals surface area contributed by atoms with Crippen LogP contribution in [0.5, 0.6) is 0 Å². The summed E-state index contributed by atoms with van der Waals surface area (Å²) >= 11 is 7.95. The van der Waals surface area contributed by atoms with E-state index in [1.807, 2.05) is 23.9 Å². The molecule has 0 radical (unpaired) electrons. The van der Waals surface area contributed by atoms with Crippen LogP contribution < -0.4 is 5.32 Å². The van der Waals surface area contributed by atoms with Crippen LogP contribution in [0.15, 0.2) is 23.1 Å². The third-order valence-corrected chi connectivity index (χ3v) is 4.01. The summed E-state index contributed by atoms with van der Waals surface area (Å²) in [7, 11) is 0. The molecule has 0 aliphatic carbocycles. The predicted octanol–water partition coefficient (Wildman–Crippen LogP) is 3.00. The van der Waals surface area contributed by atoms with Gasteiger partial charge in [0.15, 0.2) is 0 Å². The fraction of sp³-hybridized carbons (Fsp3) is 0.455. The van der Waals surface area contributed by atoms with E-state index in [0.717, 1.165) is 29.3 Å². The number of rotatable bonds is 3. The highest BCUT2D eigenvalue weighted by atomic mass is 35.5. The van der Waals surface area contributed by atoms with Gasteiger partial charge in [-0.15, -0.1) is 11.8 Å². The molecule has 15 heavy (non-hydrogen) atoms. The Morgan fingerprint density at radius 3 is 3.20 bits per heavy atom. The van der Waals surface area contributed by atoms with Crippen molar-refractivity contribution in [3.8, 4) is 0 Å². The lowest BCUT2D eigenvalue weighted by atomic mass is 10.1. The van der Waals surface area contributed by atoms with Crippen LogP contribution in [0.1, 0.15) is 12.8 Å². The molecule has 1 atom stereocenters. The van der Waals surface area contributed by atoms with Gasteiger partial charge in [-0.3, -0.25) is 0 Å². The highest BCUT2D eigenvalue weighted by Gasteiger charge is 2.19. The van der Waals surface area contributed by atoms with Crippen LogP contribution in [-0.2, 0) is 0 Å². The second-order valence-electron chi connectivity index (χ2n) is 3.63. The molecule has 2 rings (SSSR count). The third kappa shape index (κ3) is 2.60. The smallest absolute Gasteiger partial charge is 0.0670 e. The molecule has 0 amide bonds. The number of benzene rings is 1. The molecule has 0 saturated heterocycles. The average Bonchev–Trinajstić information content (AvgIpc) is 2.27. The zero-order valence-electron chi connectivity index (χ0n) is 8.37. The van der Waals surface area contributed by atoms with E-state index in [9.17, 15) is 0 Å². The number of hydrogen-bond donors (Lipinski definition) is 2. The first kappa shape index (κ1) is 11.1. The van der Waals surface area contributed by atoms with Gasteiger partial charge in [0.1, 0.15) is 0 Å². The van der Waals surface area contributed by atoms with Gasteiger partial charge in [-0.1, -0.05) is 17.7 Å². The summed E-state index contributed by atoms with van der Waals surface area (Å²) < 4.78 is 0. The van der Waals surface area contributed by atoms with Crippen molar-refractivity contribution in [1.29, 1.82) is 0 Å². The van der Waals surface area contributed by atoms with Gasteiger partial charge in [-0.05, 0) is 25.0 Å². The van der Waals surface area contributed by atoms with Gasteiger partial charge in [0.2, 0.25) is 0 Å². The fourth-order valence-corrected chi connectivity index (χ4v) is 3.10. The molecule has 0 bridgehead atoms. The maximum absolute atomic E-state index is 8.79. The van der Waals surface area contributed by atoms with Crippen molar-refractivity contribution in [3.05, 3.63) is 23.2 Å². The summed E-state index contributed by atoms with van der Waals surface area (Å²) in [4.78, 5) is 1.22. The lowest BCUT2D eigenvalue weighted by Crippen LogP contribution is -2.26. The molecule has 0 saturated carbocycles. The lowest BCUT2D eigenvalue weighted by Gasteiger charge is -2.27. The molecule has 0 fully saturated rings. The molecule has 0 aromatic heterocycles. The largest absolute Gasteiger partial charge is 0.396 e.